The maximum atomic E-state index is 12.4. The third-order valence-corrected chi connectivity index (χ3v) is 5.89. The maximum Gasteiger partial charge on any atom is 0.417 e. The Morgan fingerprint density at radius 2 is 1.86 bits per heavy atom. The fraction of sp³-hybridized carbons (Fsp3) is 0.364. The van der Waals surface area contributed by atoms with Gasteiger partial charge in [-0.2, -0.15) is 0 Å². The molecule has 1 amide bonds. The third-order valence-electron chi connectivity index (χ3n) is 5.89. The number of carbonyl (C=O) groups is 1. The maximum absolute atomic E-state index is 12.4. The number of hydrogen-bond donors (Lipinski definition) is 2. The molecule has 7 heteroatoms. The normalized spacial score (nSPS) is 16.9. The summed E-state index contributed by atoms with van der Waals surface area (Å²) < 4.78 is 5.04. The number of aromatic amines is 1. The lowest BCUT2D eigenvalue weighted by Gasteiger charge is -2.36. The number of H-pyrrole nitrogens is 1. The molecule has 150 valence electrons. The summed E-state index contributed by atoms with van der Waals surface area (Å²) in [5, 5.41) is 2.89. The van der Waals surface area contributed by atoms with Crippen LogP contribution in [0.5, 0.6) is 0 Å². The van der Waals surface area contributed by atoms with Crippen LogP contribution in [0.4, 0.5) is 11.4 Å². The van der Waals surface area contributed by atoms with Gasteiger partial charge >= 0.3 is 5.76 Å². The van der Waals surface area contributed by atoms with Crippen molar-refractivity contribution in [1.29, 1.82) is 0 Å². The Labute approximate surface area is 168 Å². The first-order valence-electron chi connectivity index (χ1n) is 10.2. The molecule has 1 aromatic heterocycles. The molecule has 0 spiro atoms. The van der Waals surface area contributed by atoms with Crippen molar-refractivity contribution in [3.63, 3.8) is 0 Å². The largest absolute Gasteiger partial charge is 0.417 e. The van der Waals surface area contributed by atoms with E-state index in [1.54, 1.807) is 18.2 Å². The SMILES string of the molecule is O=C(CN1CCN(c2ccc3c(c2)CCC3)CC1)Nc1ccc2[nH]c(=O)oc2c1. The van der Waals surface area contributed by atoms with Crippen LogP contribution in [0.3, 0.4) is 0 Å². The van der Waals surface area contributed by atoms with Crippen LogP contribution in [-0.4, -0.2) is 48.5 Å². The number of anilines is 2. The minimum Gasteiger partial charge on any atom is -0.408 e. The van der Waals surface area contributed by atoms with Gasteiger partial charge in [0.1, 0.15) is 0 Å². The number of aryl methyl sites for hydroxylation is 2. The van der Waals surface area contributed by atoms with E-state index >= 15 is 0 Å². The molecule has 0 atom stereocenters. The van der Waals surface area contributed by atoms with Crippen LogP contribution in [0.25, 0.3) is 11.1 Å². The van der Waals surface area contributed by atoms with E-state index in [0.29, 0.717) is 23.3 Å². The number of nitrogens with one attached hydrogen (secondary N) is 2. The molecule has 0 unspecified atom stereocenters. The summed E-state index contributed by atoms with van der Waals surface area (Å²) in [4.78, 5) is 30.9. The molecule has 0 bridgehead atoms. The fourth-order valence-corrected chi connectivity index (χ4v) is 4.35. The van der Waals surface area contributed by atoms with Crippen molar-refractivity contribution in [3.05, 3.63) is 58.1 Å². The smallest absolute Gasteiger partial charge is 0.408 e. The van der Waals surface area contributed by atoms with Crippen LogP contribution in [0.15, 0.2) is 45.6 Å². The highest BCUT2D eigenvalue weighted by Crippen LogP contribution is 2.27. The highest BCUT2D eigenvalue weighted by Gasteiger charge is 2.21. The minimum atomic E-state index is -0.496. The molecule has 3 aromatic rings. The van der Waals surface area contributed by atoms with Crippen molar-refractivity contribution in [2.75, 3.05) is 42.9 Å². The second kappa shape index (κ2) is 7.40. The van der Waals surface area contributed by atoms with Crippen LogP contribution >= 0.6 is 0 Å². The zero-order valence-electron chi connectivity index (χ0n) is 16.2. The molecule has 0 radical (unpaired) electrons. The number of benzene rings is 2. The summed E-state index contributed by atoms with van der Waals surface area (Å²) in [5.41, 5.74) is 5.99. The first kappa shape index (κ1) is 18.0. The Bertz CT molecular complexity index is 1110. The van der Waals surface area contributed by atoms with Crippen molar-refractivity contribution in [2.24, 2.45) is 0 Å². The second-order valence-corrected chi connectivity index (χ2v) is 7.84. The van der Waals surface area contributed by atoms with Gasteiger partial charge in [0.2, 0.25) is 5.91 Å². The van der Waals surface area contributed by atoms with E-state index in [2.05, 4.69) is 38.3 Å². The Balaban J connectivity index is 1.16. The van der Waals surface area contributed by atoms with Gasteiger partial charge < -0.3 is 14.6 Å². The fourth-order valence-electron chi connectivity index (χ4n) is 4.35. The van der Waals surface area contributed by atoms with Crippen molar-refractivity contribution in [2.45, 2.75) is 19.3 Å². The average molecular weight is 392 g/mol. The van der Waals surface area contributed by atoms with E-state index in [1.807, 2.05) is 0 Å². The molecule has 2 aromatic carbocycles. The minimum absolute atomic E-state index is 0.0618. The average Bonchev–Trinajstić information content (AvgIpc) is 3.32. The lowest BCUT2D eigenvalue weighted by molar-refractivity contribution is -0.117. The molecule has 29 heavy (non-hydrogen) atoms. The number of aromatic nitrogens is 1. The third kappa shape index (κ3) is 3.78. The number of amides is 1. The predicted molar refractivity (Wildman–Crippen MR) is 113 cm³/mol. The zero-order chi connectivity index (χ0) is 19.8. The highest BCUT2D eigenvalue weighted by molar-refractivity contribution is 5.94. The lowest BCUT2D eigenvalue weighted by atomic mass is 10.1. The first-order chi connectivity index (χ1) is 14.1. The Morgan fingerprint density at radius 3 is 2.72 bits per heavy atom. The van der Waals surface area contributed by atoms with Gasteiger partial charge in [-0.1, -0.05) is 6.07 Å². The number of nitrogens with zero attached hydrogens (tertiary/aromatic N) is 2. The summed E-state index contributed by atoms with van der Waals surface area (Å²) in [6.45, 7) is 3.92. The van der Waals surface area contributed by atoms with Crippen LogP contribution in [0.1, 0.15) is 17.5 Å². The first-order valence-corrected chi connectivity index (χ1v) is 10.2. The molecule has 1 saturated heterocycles. The molecular weight excluding hydrogens is 368 g/mol. The summed E-state index contributed by atoms with van der Waals surface area (Å²) in [6.07, 6.45) is 3.67. The number of fused-ring (bicyclic) bond motifs is 2. The molecule has 7 nitrogen and oxygen atoms in total. The zero-order valence-corrected chi connectivity index (χ0v) is 16.2. The summed E-state index contributed by atoms with van der Waals surface area (Å²) in [5.74, 6) is -0.557. The van der Waals surface area contributed by atoms with Crippen LogP contribution < -0.4 is 16.0 Å². The number of carbonyl (C=O) groups excluding carboxylic acids is 1. The van der Waals surface area contributed by atoms with E-state index in [0.717, 1.165) is 26.2 Å². The Hall–Kier alpha value is -3.06. The topological polar surface area (TPSA) is 81.6 Å². The van der Waals surface area contributed by atoms with E-state index in [9.17, 15) is 9.59 Å². The molecule has 5 rings (SSSR count). The molecular formula is C22H24N4O3. The molecule has 1 aliphatic heterocycles. The van der Waals surface area contributed by atoms with Crippen LogP contribution in [0, 0.1) is 0 Å². The van der Waals surface area contributed by atoms with E-state index < -0.39 is 5.76 Å². The molecule has 2 aliphatic rings. The molecule has 0 saturated carbocycles. The van der Waals surface area contributed by atoms with Crippen molar-refractivity contribution in [1.82, 2.24) is 9.88 Å². The second-order valence-electron chi connectivity index (χ2n) is 7.84. The van der Waals surface area contributed by atoms with E-state index in [1.165, 1.54) is 36.1 Å². The van der Waals surface area contributed by atoms with Gasteiger partial charge in [0.15, 0.2) is 5.58 Å². The van der Waals surface area contributed by atoms with E-state index in [-0.39, 0.29) is 5.91 Å². The number of hydrogen-bond acceptors (Lipinski definition) is 5. The molecule has 2 N–H and O–H groups in total. The predicted octanol–water partition coefficient (Wildman–Crippen LogP) is 2.37. The van der Waals surface area contributed by atoms with Crippen molar-refractivity contribution >= 4 is 28.4 Å². The summed E-state index contributed by atoms with van der Waals surface area (Å²) >= 11 is 0. The van der Waals surface area contributed by atoms with Gasteiger partial charge in [-0.25, -0.2) is 4.79 Å². The molecule has 2 heterocycles. The van der Waals surface area contributed by atoms with Crippen molar-refractivity contribution < 1.29 is 9.21 Å². The Kier molecular flexibility index (Phi) is 4.60. The van der Waals surface area contributed by atoms with Gasteiger partial charge in [-0.05, 0) is 54.7 Å². The monoisotopic (exact) mass is 392 g/mol. The van der Waals surface area contributed by atoms with Gasteiger partial charge in [0.05, 0.1) is 12.1 Å². The van der Waals surface area contributed by atoms with Crippen molar-refractivity contribution in [3.8, 4) is 0 Å². The Morgan fingerprint density at radius 1 is 1.03 bits per heavy atom. The van der Waals surface area contributed by atoms with Gasteiger partial charge in [0.25, 0.3) is 0 Å². The number of rotatable bonds is 4. The van der Waals surface area contributed by atoms with Gasteiger partial charge in [0, 0.05) is 43.6 Å². The quantitative estimate of drug-likeness (QED) is 0.712. The highest BCUT2D eigenvalue weighted by atomic mass is 16.4. The lowest BCUT2D eigenvalue weighted by Crippen LogP contribution is -2.48. The molecule has 1 aliphatic carbocycles. The number of oxazole rings is 1. The van der Waals surface area contributed by atoms with E-state index in [4.69, 9.17) is 4.42 Å². The molecule has 1 fully saturated rings. The standard InChI is InChI=1S/C22H24N4O3/c27-21(23-17-5-7-19-20(13-17)29-22(28)24-19)14-25-8-10-26(11-9-25)18-6-4-15-2-1-3-16(15)12-18/h4-7,12-13H,1-3,8-11,14H2,(H,23,27)(H,24,28). The van der Waals surface area contributed by atoms with Crippen LogP contribution in [-0.2, 0) is 17.6 Å². The van der Waals surface area contributed by atoms with Gasteiger partial charge in [-0.3, -0.25) is 14.7 Å². The van der Waals surface area contributed by atoms with Crippen LogP contribution in [0.2, 0.25) is 0 Å². The number of piperazine rings is 1. The van der Waals surface area contributed by atoms with Gasteiger partial charge in [-0.15, -0.1) is 0 Å². The summed E-state index contributed by atoms with van der Waals surface area (Å²) in [7, 11) is 0. The summed E-state index contributed by atoms with van der Waals surface area (Å²) in [6, 6.07) is 12.0.